The molecule has 0 saturated heterocycles. The molecule has 0 spiro atoms. The van der Waals surface area contributed by atoms with Crippen LogP contribution in [-0.4, -0.2) is 22.2 Å². The summed E-state index contributed by atoms with van der Waals surface area (Å²) in [5.74, 6) is -0.641. The van der Waals surface area contributed by atoms with Crippen LogP contribution in [0.5, 0.6) is 5.75 Å². The number of aromatic nitrogens is 1. The smallest absolute Gasteiger partial charge is 0.344 e. The zero-order chi connectivity index (χ0) is 14.9. The highest BCUT2D eigenvalue weighted by Gasteiger charge is 2.21. The van der Waals surface area contributed by atoms with Gasteiger partial charge < -0.3 is 9.84 Å². The number of hydrogen-bond acceptors (Lipinski definition) is 3. The zero-order valence-electron chi connectivity index (χ0n) is 10.4. The van der Waals surface area contributed by atoms with Gasteiger partial charge in [-0.15, -0.1) is 0 Å². The Balaban J connectivity index is 2.62. The summed E-state index contributed by atoms with van der Waals surface area (Å²) < 4.78 is 7.03. The van der Waals surface area contributed by atoms with Gasteiger partial charge in [-0.25, -0.2) is 9.78 Å². The molecule has 0 aliphatic rings. The molecule has 4 nitrogen and oxygen atoms in total. The average molecular weight is 423 g/mol. The minimum Gasteiger partial charge on any atom is -0.479 e. The van der Waals surface area contributed by atoms with Crippen LogP contribution in [0.4, 0.5) is 0 Å². The van der Waals surface area contributed by atoms with Crippen molar-refractivity contribution in [2.24, 2.45) is 0 Å². The monoisotopic (exact) mass is 421 g/mol. The molecular formula is C13H10Br2ClNO3. The molecule has 0 amide bonds. The lowest BCUT2D eigenvalue weighted by Gasteiger charge is -2.16. The summed E-state index contributed by atoms with van der Waals surface area (Å²) in [6.45, 7) is 1.74. The van der Waals surface area contributed by atoms with Crippen LogP contribution < -0.4 is 4.74 Å². The Bertz CT molecular complexity index is 678. The number of nitrogens with zero attached hydrogens (tertiary/aromatic N) is 1. The third-order valence-electron chi connectivity index (χ3n) is 2.71. The number of hydrogen-bond donors (Lipinski definition) is 1. The third kappa shape index (κ3) is 3.07. The molecule has 1 N–H and O–H groups in total. The second-order valence-corrected chi connectivity index (χ2v) is 6.15. The molecule has 7 heteroatoms. The highest BCUT2D eigenvalue weighted by Crippen LogP contribution is 2.38. The molecular weight excluding hydrogens is 413 g/mol. The molecule has 1 heterocycles. The number of ether oxygens (including phenoxy) is 1. The fourth-order valence-corrected chi connectivity index (χ4v) is 3.25. The van der Waals surface area contributed by atoms with Crippen molar-refractivity contribution < 1.29 is 14.6 Å². The number of pyridine rings is 1. The number of carboxylic acid groups (broad SMARTS) is 1. The first kappa shape index (κ1) is 15.5. The van der Waals surface area contributed by atoms with E-state index in [1.807, 2.05) is 0 Å². The van der Waals surface area contributed by atoms with E-state index in [0.717, 1.165) is 9.86 Å². The molecule has 0 bridgehead atoms. The van der Waals surface area contributed by atoms with E-state index in [-0.39, 0.29) is 0 Å². The van der Waals surface area contributed by atoms with E-state index in [4.69, 9.17) is 21.4 Å². The first-order valence-electron chi connectivity index (χ1n) is 5.77. The first-order chi connectivity index (χ1) is 9.43. The van der Waals surface area contributed by atoms with Crippen LogP contribution in [0.25, 0.3) is 10.9 Å². The summed E-state index contributed by atoms with van der Waals surface area (Å²) in [6.07, 6.45) is -0.587. The molecule has 0 saturated carbocycles. The van der Waals surface area contributed by atoms with Crippen molar-refractivity contribution in [3.8, 4) is 5.75 Å². The van der Waals surface area contributed by atoms with Gasteiger partial charge in [0.1, 0.15) is 10.7 Å². The largest absolute Gasteiger partial charge is 0.479 e. The lowest BCUT2D eigenvalue weighted by Crippen LogP contribution is -2.26. The molecule has 106 valence electrons. The Labute approximate surface area is 137 Å². The van der Waals surface area contributed by atoms with Gasteiger partial charge in [-0.2, -0.15) is 0 Å². The Hall–Kier alpha value is -0.850. The minimum atomic E-state index is -1.02. The van der Waals surface area contributed by atoms with Crippen LogP contribution in [-0.2, 0) is 4.79 Å². The fourth-order valence-electron chi connectivity index (χ4n) is 1.73. The number of aliphatic carboxylic acids is 1. The van der Waals surface area contributed by atoms with Crippen molar-refractivity contribution >= 4 is 60.3 Å². The summed E-state index contributed by atoms with van der Waals surface area (Å²) in [5.41, 5.74) is 0.512. The van der Waals surface area contributed by atoms with Crippen molar-refractivity contribution in [2.75, 3.05) is 0 Å². The van der Waals surface area contributed by atoms with Crippen molar-refractivity contribution in [3.05, 3.63) is 32.3 Å². The molecule has 1 aromatic heterocycles. The summed E-state index contributed by atoms with van der Waals surface area (Å²) in [4.78, 5) is 15.4. The maximum atomic E-state index is 11.1. The minimum absolute atomic E-state index is 0.315. The van der Waals surface area contributed by atoms with Gasteiger partial charge in [0.2, 0.25) is 0 Å². The molecule has 0 aliphatic heterocycles. The number of carbonyl (C=O) groups is 1. The number of carboxylic acids is 1. The Morgan fingerprint density at radius 2 is 2.15 bits per heavy atom. The highest BCUT2D eigenvalue weighted by atomic mass is 79.9. The van der Waals surface area contributed by atoms with Gasteiger partial charge in [-0.05, 0) is 40.5 Å². The van der Waals surface area contributed by atoms with Gasteiger partial charge in [-0.3, -0.25) is 0 Å². The SMILES string of the molecule is CCC(Oc1c(Br)cc(Br)c2ccc(Cl)nc12)C(=O)O. The van der Waals surface area contributed by atoms with E-state index in [0.29, 0.717) is 27.3 Å². The van der Waals surface area contributed by atoms with E-state index >= 15 is 0 Å². The van der Waals surface area contributed by atoms with Gasteiger partial charge >= 0.3 is 5.97 Å². The lowest BCUT2D eigenvalue weighted by atomic mass is 10.2. The van der Waals surface area contributed by atoms with Crippen LogP contribution in [0.2, 0.25) is 5.15 Å². The second-order valence-electron chi connectivity index (χ2n) is 4.05. The molecule has 0 aliphatic carbocycles. The predicted octanol–water partition coefficient (Wildman–Crippen LogP) is 4.66. The zero-order valence-corrected chi connectivity index (χ0v) is 14.3. The van der Waals surface area contributed by atoms with Crippen molar-refractivity contribution in [1.29, 1.82) is 0 Å². The molecule has 20 heavy (non-hydrogen) atoms. The van der Waals surface area contributed by atoms with E-state index in [1.54, 1.807) is 25.1 Å². The van der Waals surface area contributed by atoms with Gasteiger partial charge in [-0.1, -0.05) is 34.5 Å². The van der Waals surface area contributed by atoms with E-state index in [9.17, 15) is 4.79 Å². The lowest BCUT2D eigenvalue weighted by molar-refractivity contribution is -0.145. The average Bonchev–Trinajstić information content (AvgIpc) is 2.37. The normalized spacial score (nSPS) is 12.4. The number of fused-ring (bicyclic) bond motifs is 1. The van der Waals surface area contributed by atoms with Crippen LogP contribution >= 0.6 is 43.5 Å². The van der Waals surface area contributed by atoms with Gasteiger partial charge in [0, 0.05) is 9.86 Å². The van der Waals surface area contributed by atoms with Crippen molar-refractivity contribution in [1.82, 2.24) is 4.98 Å². The van der Waals surface area contributed by atoms with Crippen molar-refractivity contribution in [3.63, 3.8) is 0 Å². The summed E-state index contributed by atoms with van der Waals surface area (Å²) in [6, 6.07) is 5.26. The summed E-state index contributed by atoms with van der Waals surface area (Å²) >= 11 is 12.7. The van der Waals surface area contributed by atoms with Crippen LogP contribution in [0.3, 0.4) is 0 Å². The van der Waals surface area contributed by atoms with Gasteiger partial charge in [0.15, 0.2) is 11.9 Å². The van der Waals surface area contributed by atoms with Gasteiger partial charge in [0.25, 0.3) is 0 Å². The number of halogens is 3. The standard InChI is InChI=1S/C13H10Br2ClNO3/c1-2-9(13(18)19)20-12-8(15)5-7(14)6-3-4-10(16)17-11(6)12/h3-5,9H,2H2,1H3,(H,18,19). The Morgan fingerprint density at radius 3 is 2.75 bits per heavy atom. The third-order valence-corrected chi connectivity index (χ3v) is 4.17. The van der Waals surface area contributed by atoms with E-state index < -0.39 is 12.1 Å². The second kappa shape index (κ2) is 6.28. The Kier molecular flexibility index (Phi) is 4.88. The summed E-state index contributed by atoms with van der Waals surface area (Å²) in [7, 11) is 0. The quantitative estimate of drug-likeness (QED) is 0.727. The maximum Gasteiger partial charge on any atom is 0.344 e. The maximum absolute atomic E-state index is 11.1. The van der Waals surface area contributed by atoms with Crippen LogP contribution in [0.15, 0.2) is 27.1 Å². The first-order valence-corrected chi connectivity index (χ1v) is 7.74. The molecule has 0 radical (unpaired) electrons. The molecule has 1 aromatic carbocycles. The highest BCUT2D eigenvalue weighted by molar-refractivity contribution is 9.11. The molecule has 1 unspecified atom stereocenters. The van der Waals surface area contributed by atoms with Gasteiger partial charge in [0.05, 0.1) is 4.47 Å². The molecule has 1 atom stereocenters. The summed E-state index contributed by atoms with van der Waals surface area (Å²) in [5, 5.41) is 10.2. The molecule has 2 rings (SSSR count). The van der Waals surface area contributed by atoms with E-state index in [2.05, 4.69) is 36.8 Å². The predicted molar refractivity (Wildman–Crippen MR) is 84.5 cm³/mol. The number of benzene rings is 1. The Morgan fingerprint density at radius 1 is 1.45 bits per heavy atom. The molecule has 2 aromatic rings. The van der Waals surface area contributed by atoms with Crippen LogP contribution in [0, 0.1) is 0 Å². The number of rotatable bonds is 4. The molecule has 0 fully saturated rings. The topological polar surface area (TPSA) is 59.4 Å². The van der Waals surface area contributed by atoms with E-state index in [1.165, 1.54) is 0 Å². The van der Waals surface area contributed by atoms with Crippen LogP contribution in [0.1, 0.15) is 13.3 Å². The fraction of sp³-hybridized carbons (Fsp3) is 0.231. The van der Waals surface area contributed by atoms with Crippen molar-refractivity contribution in [2.45, 2.75) is 19.4 Å².